The van der Waals surface area contributed by atoms with Crippen molar-refractivity contribution in [3.63, 3.8) is 0 Å². The lowest BCUT2D eigenvalue weighted by atomic mass is 9.97. The summed E-state index contributed by atoms with van der Waals surface area (Å²) >= 11 is 0. The summed E-state index contributed by atoms with van der Waals surface area (Å²) in [5.74, 6) is 0.110. The van der Waals surface area contributed by atoms with Gasteiger partial charge < -0.3 is 20.4 Å². The van der Waals surface area contributed by atoms with Gasteiger partial charge in [-0.3, -0.25) is 4.79 Å². The molecule has 0 spiro atoms. The first-order valence-corrected chi connectivity index (χ1v) is 8.57. The van der Waals surface area contributed by atoms with Crippen LogP contribution >= 0.6 is 0 Å². The van der Waals surface area contributed by atoms with Crippen LogP contribution in [0.1, 0.15) is 38.5 Å². The summed E-state index contributed by atoms with van der Waals surface area (Å²) in [5, 5.41) is 6.18. The highest BCUT2D eigenvalue weighted by Crippen LogP contribution is 2.21. The highest BCUT2D eigenvalue weighted by Gasteiger charge is 2.31. The smallest absolute Gasteiger partial charge is 0.317 e. The predicted molar refractivity (Wildman–Crippen MR) is 86.6 cm³/mol. The van der Waals surface area contributed by atoms with Crippen molar-refractivity contribution < 1.29 is 9.59 Å². The molecule has 2 aliphatic rings. The van der Waals surface area contributed by atoms with Gasteiger partial charge in [-0.05, 0) is 32.7 Å². The average molecular weight is 310 g/mol. The molecule has 1 aliphatic heterocycles. The molecule has 1 heterocycles. The number of nitrogens with one attached hydrogen (secondary N) is 2. The molecular weight excluding hydrogens is 280 g/mol. The maximum atomic E-state index is 12.5. The van der Waals surface area contributed by atoms with Crippen molar-refractivity contribution in [2.45, 2.75) is 44.6 Å². The van der Waals surface area contributed by atoms with Crippen LogP contribution in [0.25, 0.3) is 0 Å². The molecule has 2 rings (SSSR count). The molecule has 0 radical (unpaired) electrons. The first-order valence-electron chi connectivity index (χ1n) is 8.57. The van der Waals surface area contributed by atoms with Crippen molar-refractivity contribution in [1.29, 1.82) is 0 Å². The van der Waals surface area contributed by atoms with Crippen LogP contribution in [-0.2, 0) is 4.79 Å². The molecular formula is C16H30N4O2. The molecule has 1 atom stereocenters. The average Bonchev–Trinajstić information content (AvgIpc) is 3.04. The van der Waals surface area contributed by atoms with Gasteiger partial charge in [-0.2, -0.15) is 0 Å². The van der Waals surface area contributed by atoms with E-state index in [-0.39, 0.29) is 17.9 Å². The summed E-state index contributed by atoms with van der Waals surface area (Å²) in [6.45, 7) is 2.82. The maximum absolute atomic E-state index is 12.5. The van der Waals surface area contributed by atoms with E-state index < -0.39 is 0 Å². The molecule has 126 valence electrons. The van der Waals surface area contributed by atoms with Gasteiger partial charge in [0.2, 0.25) is 5.91 Å². The summed E-state index contributed by atoms with van der Waals surface area (Å²) in [6.07, 6.45) is 6.40. The first-order chi connectivity index (χ1) is 10.6. The summed E-state index contributed by atoms with van der Waals surface area (Å²) in [7, 11) is 3.73. The van der Waals surface area contributed by atoms with Crippen LogP contribution in [0.15, 0.2) is 0 Å². The van der Waals surface area contributed by atoms with Crippen molar-refractivity contribution in [2.24, 2.45) is 5.92 Å². The fourth-order valence-electron chi connectivity index (χ4n) is 3.40. The monoisotopic (exact) mass is 310 g/mol. The highest BCUT2D eigenvalue weighted by molar-refractivity contribution is 5.80. The zero-order valence-corrected chi connectivity index (χ0v) is 13.9. The Balaban J connectivity index is 1.82. The molecule has 1 aliphatic carbocycles. The lowest BCUT2D eigenvalue weighted by Crippen LogP contribution is -2.51. The second-order valence-electron chi connectivity index (χ2n) is 6.58. The Labute approximate surface area is 133 Å². The molecule has 1 unspecified atom stereocenters. The summed E-state index contributed by atoms with van der Waals surface area (Å²) in [5.41, 5.74) is 0. The van der Waals surface area contributed by atoms with Gasteiger partial charge in [-0.15, -0.1) is 0 Å². The Hall–Kier alpha value is -1.30. The van der Waals surface area contributed by atoms with Gasteiger partial charge in [0, 0.05) is 39.3 Å². The predicted octanol–water partition coefficient (Wildman–Crippen LogP) is 1.03. The number of nitrogens with zero attached hydrogens (tertiary/aromatic N) is 2. The first kappa shape index (κ1) is 17.1. The van der Waals surface area contributed by atoms with Gasteiger partial charge in [0.25, 0.3) is 0 Å². The van der Waals surface area contributed by atoms with Gasteiger partial charge in [-0.25, -0.2) is 4.79 Å². The number of piperidine rings is 1. The van der Waals surface area contributed by atoms with Crippen LogP contribution in [0.3, 0.4) is 0 Å². The lowest BCUT2D eigenvalue weighted by molar-refractivity contribution is -0.135. The van der Waals surface area contributed by atoms with Crippen LogP contribution < -0.4 is 10.6 Å². The molecule has 1 saturated carbocycles. The van der Waals surface area contributed by atoms with Gasteiger partial charge >= 0.3 is 6.03 Å². The minimum Gasteiger partial charge on any atom is -0.344 e. The van der Waals surface area contributed by atoms with E-state index in [1.165, 1.54) is 12.8 Å². The largest absolute Gasteiger partial charge is 0.344 e. The molecule has 0 aromatic rings. The molecule has 6 heteroatoms. The third-order valence-electron chi connectivity index (χ3n) is 4.81. The van der Waals surface area contributed by atoms with Crippen molar-refractivity contribution in [3.05, 3.63) is 0 Å². The fraction of sp³-hybridized carbons (Fsp3) is 0.875. The van der Waals surface area contributed by atoms with E-state index in [4.69, 9.17) is 0 Å². The number of hydrogen-bond donors (Lipinski definition) is 2. The second-order valence-corrected chi connectivity index (χ2v) is 6.58. The molecule has 6 nitrogen and oxygen atoms in total. The number of amides is 3. The summed E-state index contributed by atoms with van der Waals surface area (Å²) in [6, 6.07) is 0.351. The molecule has 2 N–H and O–H groups in total. The Morgan fingerprint density at radius 3 is 2.59 bits per heavy atom. The number of likely N-dealkylation sites (tertiary alicyclic amines) is 1. The van der Waals surface area contributed by atoms with Crippen molar-refractivity contribution in [1.82, 2.24) is 20.4 Å². The van der Waals surface area contributed by atoms with Crippen molar-refractivity contribution >= 4 is 11.9 Å². The number of carbonyl (C=O) groups excluding carboxylic acids is 2. The zero-order chi connectivity index (χ0) is 15.9. The standard InChI is InChI=1S/C16H30N4O2/c1-17-9-11-19(2)15(21)13-6-5-10-20(12-13)16(22)18-14-7-3-4-8-14/h13-14,17H,3-12H2,1-2H3,(H,18,22). The SMILES string of the molecule is CNCCN(C)C(=O)C1CCCN(C(=O)NC2CCCC2)C1. The Kier molecular flexibility index (Phi) is 6.49. The van der Waals surface area contributed by atoms with Crippen LogP contribution in [0.2, 0.25) is 0 Å². The van der Waals surface area contributed by atoms with E-state index in [2.05, 4.69) is 10.6 Å². The molecule has 3 amide bonds. The minimum absolute atomic E-state index is 0.0160. The third kappa shape index (κ3) is 4.60. The van der Waals surface area contributed by atoms with Crippen LogP contribution in [0, 0.1) is 5.92 Å². The zero-order valence-electron chi connectivity index (χ0n) is 13.9. The second kappa shape index (κ2) is 8.36. The maximum Gasteiger partial charge on any atom is 0.317 e. The van der Waals surface area contributed by atoms with Crippen LogP contribution in [0.5, 0.6) is 0 Å². The van der Waals surface area contributed by atoms with E-state index in [0.717, 1.165) is 38.8 Å². The number of urea groups is 1. The van der Waals surface area contributed by atoms with Gasteiger partial charge in [-0.1, -0.05) is 12.8 Å². The topological polar surface area (TPSA) is 64.7 Å². The van der Waals surface area contributed by atoms with E-state index in [1.54, 1.807) is 4.90 Å². The van der Waals surface area contributed by atoms with Crippen LogP contribution in [0.4, 0.5) is 4.79 Å². The van der Waals surface area contributed by atoms with Gasteiger partial charge in [0.05, 0.1) is 5.92 Å². The van der Waals surface area contributed by atoms with Gasteiger partial charge in [0.1, 0.15) is 0 Å². The number of hydrogen-bond acceptors (Lipinski definition) is 3. The van der Waals surface area contributed by atoms with E-state index >= 15 is 0 Å². The molecule has 0 aromatic heterocycles. The van der Waals surface area contributed by atoms with E-state index in [9.17, 15) is 9.59 Å². The number of rotatable bonds is 5. The normalized spacial score (nSPS) is 22.6. The minimum atomic E-state index is -0.0510. The van der Waals surface area contributed by atoms with Gasteiger partial charge in [0.15, 0.2) is 0 Å². The van der Waals surface area contributed by atoms with Crippen molar-refractivity contribution in [2.75, 3.05) is 40.3 Å². The van der Waals surface area contributed by atoms with Crippen LogP contribution in [-0.4, -0.2) is 68.1 Å². The van der Waals surface area contributed by atoms with Crippen molar-refractivity contribution in [3.8, 4) is 0 Å². The highest BCUT2D eigenvalue weighted by atomic mass is 16.2. The fourth-order valence-corrected chi connectivity index (χ4v) is 3.40. The van der Waals surface area contributed by atoms with E-state index in [0.29, 0.717) is 19.1 Å². The number of carbonyl (C=O) groups is 2. The van der Waals surface area contributed by atoms with E-state index in [1.807, 2.05) is 19.0 Å². The molecule has 1 saturated heterocycles. The molecule has 2 fully saturated rings. The Bertz CT molecular complexity index is 382. The molecule has 0 bridgehead atoms. The lowest BCUT2D eigenvalue weighted by Gasteiger charge is -2.34. The number of likely N-dealkylation sites (N-methyl/N-ethyl adjacent to an activating group) is 2. The summed E-state index contributed by atoms with van der Waals surface area (Å²) < 4.78 is 0. The third-order valence-corrected chi connectivity index (χ3v) is 4.81. The molecule has 22 heavy (non-hydrogen) atoms. The Morgan fingerprint density at radius 2 is 1.91 bits per heavy atom. The summed E-state index contributed by atoms with van der Waals surface area (Å²) in [4.78, 5) is 28.4. The molecule has 0 aromatic carbocycles. The quantitative estimate of drug-likeness (QED) is 0.797. The Morgan fingerprint density at radius 1 is 1.18 bits per heavy atom.